The fourth-order valence-electron chi connectivity index (χ4n) is 3.42. The predicted octanol–water partition coefficient (Wildman–Crippen LogP) is 3.74. The molecule has 128 valence electrons. The van der Waals surface area contributed by atoms with E-state index in [9.17, 15) is 4.79 Å². The Morgan fingerprint density at radius 3 is 2.96 bits per heavy atom. The number of aromatic nitrogens is 1. The number of amides is 1. The highest BCUT2D eigenvalue weighted by Gasteiger charge is 2.23. The third kappa shape index (κ3) is 3.15. The molecule has 2 atom stereocenters. The lowest BCUT2D eigenvalue weighted by molar-refractivity contribution is 0.0935. The Kier molecular flexibility index (Phi) is 4.24. The minimum absolute atomic E-state index is 0.122. The molecule has 1 aliphatic heterocycles. The van der Waals surface area contributed by atoms with Crippen LogP contribution in [0.2, 0.25) is 0 Å². The van der Waals surface area contributed by atoms with E-state index in [1.165, 1.54) is 6.26 Å². The first kappa shape index (κ1) is 15.8. The summed E-state index contributed by atoms with van der Waals surface area (Å²) in [6, 6.07) is 14.3. The van der Waals surface area contributed by atoms with Crippen LogP contribution in [-0.2, 0) is 0 Å². The van der Waals surface area contributed by atoms with Crippen molar-refractivity contribution < 1.29 is 9.21 Å². The zero-order valence-corrected chi connectivity index (χ0v) is 14.2. The Labute approximate surface area is 146 Å². The van der Waals surface area contributed by atoms with Crippen molar-refractivity contribution in [2.45, 2.75) is 31.8 Å². The molecular weight excluding hydrogens is 314 g/mol. The summed E-state index contributed by atoms with van der Waals surface area (Å²) in [7, 11) is 0. The van der Waals surface area contributed by atoms with Crippen LogP contribution >= 0.6 is 0 Å². The molecule has 1 amide bonds. The Balaban J connectivity index is 1.52. The first-order valence-corrected chi connectivity index (χ1v) is 8.70. The molecule has 2 heterocycles. The van der Waals surface area contributed by atoms with Crippen LogP contribution in [0.1, 0.15) is 53.8 Å². The van der Waals surface area contributed by atoms with Crippen LogP contribution in [0.15, 0.2) is 53.1 Å². The number of benzene rings is 2. The minimum Gasteiger partial charge on any atom is -0.446 e. The van der Waals surface area contributed by atoms with E-state index in [4.69, 9.17) is 4.42 Å². The summed E-state index contributed by atoms with van der Waals surface area (Å²) in [5.41, 5.74) is 1.42. The van der Waals surface area contributed by atoms with Crippen molar-refractivity contribution in [3.63, 3.8) is 0 Å². The molecule has 2 unspecified atom stereocenters. The first-order chi connectivity index (χ1) is 12.2. The lowest BCUT2D eigenvalue weighted by atomic mass is 9.99. The molecule has 2 aromatic carbocycles. The second kappa shape index (κ2) is 6.69. The average molecular weight is 335 g/mol. The molecule has 0 radical (unpaired) electrons. The molecule has 0 spiro atoms. The van der Waals surface area contributed by atoms with Crippen molar-refractivity contribution in [3.05, 3.63) is 65.9 Å². The number of nitrogens with one attached hydrogen (secondary N) is 2. The Bertz CT molecular complexity index is 891. The van der Waals surface area contributed by atoms with E-state index in [1.54, 1.807) is 0 Å². The molecule has 1 saturated heterocycles. The van der Waals surface area contributed by atoms with Crippen molar-refractivity contribution in [1.82, 2.24) is 15.6 Å². The Morgan fingerprint density at radius 1 is 1.28 bits per heavy atom. The van der Waals surface area contributed by atoms with Gasteiger partial charge in [0.05, 0.1) is 12.1 Å². The molecule has 0 bridgehead atoms. The van der Waals surface area contributed by atoms with Crippen molar-refractivity contribution in [2.75, 3.05) is 6.54 Å². The topological polar surface area (TPSA) is 67.2 Å². The molecule has 5 heteroatoms. The van der Waals surface area contributed by atoms with E-state index in [-0.39, 0.29) is 18.0 Å². The van der Waals surface area contributed by atoms with Crippen LogP contribution in [0, 0.1) is 0 Å². The minimum atomic E-state index is -0.214. The molecule has 2 N–H and O–H groups in total. The molecule has 1 fully saturated rings. The fraction of sp³-hybridized carbons (Fsp3) is 0.300. The summed E-state index contributed by atoms with van der Waals surface area (Å²) in [5, 5.41) is 8.66. The second-order valence-electron chi connectivity index (χ2n) is 6.48. The molecule has 5 nitrogen and oxygen atoms in total. The molecular formula is C20H21N3O2. The number of hydrogen-bond donors (Lipinski definition) is 2. The normalized spacial score (nSPS) is 18.4. The van der Waals surface area contributed by atoms with Gasteiger partial charge in [-0.05, 0) is 42.6 Å². The van der Waals surface area contributed by atoms with Crippen LogP contribution in [-0.4, -0.2) is 17.4 Å². The third-order valence-corrected chi connectivity index (χ3v) is 4.75. The quantitative estimate of drug-likeness (QED) is 0.762. The summed E-state index contributed by atoms with van der Waals surface area (Å²) < 4.78 is 5.49. The number of nitrogens with zero attached hydrogens (tertiary/aromatic N) is 1. The number of carbonyl (C=O) groups is 1. The van der Waals surface area contributed by atoms with Gasteiger partial charge in [-0.3, -0.25) is 4.79 Å². The lowest BCUT2D eigenvalue weighted by Gasteiger charge is -2.15. The number of oxazole rings is 1. The van der Waals surface area contributed by atoms with Gasteiger partial charge in [-0.1, -0.05) is 42.5 Å². The molecule has 0 aliphatic carbocycles. The lowest BCUT2D eigenvalue weighted by Crippen LogP contribution is -2.27. The van der Waals surface area contributed by atoms with Crippen LogP contribution in [0.25, 0.3) is 10.8 Å². The maximum Gasteiger partial charge on any atom is 0.273 e. The summed E-state index contributed by atoms with van der Waals surface area (Å²) in [6.07, 6.45) is 3.54. The molecule has 1 aliphatic rings. The van der Waals surface area contributed by atoms with E-state index in [0.717, 1.165) is 35.7 Å². The van der Waals surface area contributed by atoms with E-state index in [1.807, 2.05) is 31.2 Å². The van der Waals surface area contributed by atoms with Crippen LogP contribution < -0.4 is 10.6 Å². The zero-order chi connectivity index (χ0) is 17.2. The van der Waals surface area contributed by atoms with E-state index in [0.29, 0.717) is 11.6 Å². The number of rotatable bonds is 4. The first-order valence-electron chi connectivity index (χ1n) is 8.70. The summed E-state index contributed by atoms with van der Waals surface area (Å²) in [4.78, 5) is 16.9. The highest BCUT2D eigenvalue weighted by atomic mass is 16.3. The van der Waals surface area contributed by atoms with Gasteiger partial charge in [0, 0.05) is 0 Å². The summed E-state index contributed by atoms with van der Waals surface area (Å²) in [6.45, 7) is 2.95. The van der Waals surface area contributed by atoms with Crippen LogP contribution in [0.3, 0.4) is 0 Å². The van der Waals surface area contributed by atoms with E-state index >= 15 is 0 Å². The molecule has 0 saturated carbocycles. The number of hydrogen-bond acceptors (Lipinski definition) is 4. The third-order valence-electron chi connectivity index (χ3n) is 4.75. The van der Waals surface area contributed by atoms with Crippen LogP contribution in [0.5, 0.6) is 0 Å². The maximum absolute atomic E-state index is 12.5. The van der Waals surface area contributed by atoms with Crippen molar-refractivity contribution in [1.29, 1.82) is 0 Å². The molecule has 4 rings (SSSR count). The van der Waals surface area contributed by atoms with Gasteiger partial charge in [0.1, 0.15) is 6.26 Å². The summed E-state index contributed by atoms with van der Waals surface area (Å²) in [5.74, 6) is 0.383. The van der Waals surface area contributed by atoms with Gasteiger partial charge in [0.2, 0.25) is 5.89 Å². The van der Waals surface area contributed by atoms with Gasteiger partial charge < -0.3 is 15.1 Å². The SMILES string of the molecule is CC(NC(=O)c1coc(C2CCCN2)n1)c1cccc2ccccc12. The highest BCUT2D eigenvalue weighted by Crippen LogP contribution is 2.25. The van der Waals surface area contributed by atoms with Crippen LogP contribution in [0.4, 0.5) is 0 Å². The monoisotopic (exact) mass is 335 g/mol. The summed E-state index contributed by atoms with van der Waals surface area (Å²) >= 11 is 0. The Hall–Kier alpha value is -2.66. The smallest absolute Gasteiger partial charge is 0.273 e. The van der Waals surface area contributed by atoms with Crippen molar-refractivity contribution in [2.24, 2.45) is 0 Å². The van der Waals surface area contributed by atoms with E-state index in [2.05, 4.69) is 33.8 Å². The van der Waals surface area contributed by atoms with Gasteiger partial charge >= 0.3 is 0 Å². The number of carbonyl (C=O) groups excluding carboxylic acids is 1. The highest BCUT2D eigenvalue weighted by molar-refractivity contribution is 5.93. The second-order valence-corrected chi connectivity index (χ2v) is 6.48. The van der Waals surface area contributed by atoms with E-state index < -0.39 is 0 Å². The van der Waals surface area contributed by atoms with Gasteiger partial charge in [-0.25, -0.2) is 4.98 Å². The molecule has 1 aromatic heterocycles. The van der Waals surface area contributed by atoms with Crippen molar-refractivity contribution >= 4 is 16.7 Å². The van der Waals surface area contributed by atoms with Gasteiger partial charge in [0.25, 0.3) is 5.91 Å². The number of fused-ring (bicyclic) bond motifs is 1. The fourth-order valence-corrected chi connectivity index (χ4v) is 3.42. The van der Waals surface area contributed by atoms with Gasteiger partial charge in [-0.15, -0.1) is 0 Å². The zero-order valence-electron chi connectivity index (χ0n) is 14.2. The van der Waals surface area contributed by atoms with Gasteiger partial charge in [0.15, 0.2) is 5.69 Å². The average Bonchev–Trinajstić information content (AvgIpc) is 3.32. The molecule has 3 aromatic rings. The largest absolute Gasteiger partial charge is 0.446 e. The van der Waals surface area contributed by atoms with Gasteiger partial charge in [-0.2, -0.15) is 0 Å². The maximum atomic E-state index is 12.5. The Morgan fingerprint density at radius 2 is 2.12 bits per heavy atom. The molecule has 25 heavy (non-hydrogen) atoms. The predicted molar refractivity (Wildman–Crippen MR) is 96.3 cm³/mol. The standard InChI is InChI=1S/C20H21N3O2/c1-13(15-9-4-7-14-6-2-3-8-16(14)15)22-19(24)18-12-25-20(23-18)17-10-5-11-21-17/h2-4,6-9,12-13,17,21H,5,10-11H2,1H3,(H,22,24). The van der Waals surface area contributed by atoms with Crippen molar-refractivity contribution in [3.8, 4) is 0 Å².